The van der Waals surface area contributed by atoms with Gasteiger partial charge in [-0.2, -0.15) is 0 Å². The molecule has 0 saturated carbocycles. The van der Waals surface area contributed by atoms with Gasteiger partial charge >= 0.3 is 0 Å². The second-order valence-corrected chi connectivity index (χ2v) is 4.02. The molecule has 4 heteroatoms. The van der Waals surface area contributed by atoms with E-state index in [1.165, 1.54) is 0 Å². The predicted molar refractivity (Wildman–Crippen MR) is 74.3 cm³/mol. The topological polar surface area (TPSA) is 37.2 Å². The number of nitrogens with zero attached hydrogens (tertiary/aromatic N) is 3. The molecule has 0 amide bonds. The van der Waals surface area contributed by atoms with Gasteiger partial charge in [-0.25, -0.2) is 0 Å². The van der Waals surface area contributed by atoms with Crippen molar-refractivity contribution >= 4 is 5.69 Å². The molecule has 1 rings (SSSR count). The minimum absolute atomic E-state index is 0.775. The van der Waals surface area contributed by atoms with Gasteiger partial charge in [0.1, 0.15) is 5.75 Å². The summed E-state index contributed by atoms with van der Waals surface area (Å²) in [5.74, 6) is 0.894. The maximum atomic E-state index is 5.59. The highest BCUT2D eigenvalue weighted by molar-refractivity contribution is 5.40. The minimum atomic E-state index is 0.775. The molecule has 0 aliphatic rings. The van der Waals surface area contributed by atoms with Crippen LogP contribution in [0.3, 0.4) is 0 Å². The third kappa shape index (κ3) is 5.17. The molecule has 0 fully saturated rings. The minimum Gasteiger partial charge on any atom is -0.494 e. The molecule has 0 atom stereocenters. The summed E-state index contributed by atoms with van der Waals surface area (Å²) in [6, 6.07) is 7.72. The first-order chi connectivity index (χ1) is 8.80. The van der Waals surface area contributed by atoms with Crippen LogP contribution >= 0.6 is 0 Å². The lowest BCUT2D eigenvalue weighted by Gasteiger charge is -2.11. The molecule has 1 aromatic carbocycles. The van der Waals surface area contributed by atoms with Crippen LogP contribution in [0, 0.1) is 0 Å². The highest BCUT2D eigenvalue weighted by Gasteiger charge is 1.96. The zero-order valence-corrected chi connectivity index (χ0v) is 11.6. The fraction of sp³-hybridized carbons (Fsp3) is 0.571. The van der Waals surface area contributed by atoms with E-state index < -0.39 is 0 Å². The van der Waals surface area contributed by atoms with Gasteiger partial charge in [-0.05, 0) is 44.5 Å². The van der Waals surface area contributed by atoms with Crippen molar-refractivity contribution in [2.24, 2.45) is 10.3 Å². The Hall–Kier alpha value is -1.58. The lowest BCUT2D eigenvalue weighted by Crippen LogP contribution is -2.14. The number of benzene rings is 1. The molecule has 0 aromatic heterocycles. The molecule has 1 aromatic rings. The molecule has 0 unspecified atom stereocenters. The van der Waals surface area contributed by atoms with Gasteiger partial charge in [0.05, 0.1) is 12.3 Å². The van der Waals surface area contributed by atoms with Gasteiger partial charge in [0.15, 0.2) is 0 Å². The van der Waals surface area contributed by atoms with Crippen molar-refractivity contribution in [1.29, 1.82) is 0 Å². The van der Waals surface area contributed by atoms with E-state index in [0.29, 0.717) is 0 Å². The Kier molecular flexibility index (Phi) is 6.84. The van der Waals surface area contributed by atoms with Crippen LogP contribution < -0.4 is 4.74 Å². The fourth-order valence-electron chi connectivity index (χ4n) is 1.41. The molecule has 0 bridgehead atoms. The lowest BCUT2D eigenvalue weighted by molar-refractivity contribution is 0.300. The maximum Gasteiger partial charge on any atom is 0.119 e. The van der Waals surface area contributed by atoms with Gasteiger partial charge in [0.25, 0.3) is 0 Å². The zero-order chi connectivity index (χ0) is 13.2. The Morgan fingerprint density at radius 2 is 1.72 bits per heavy atom. The first-order valence-corrected chi connectivity index (χ1v) is 6.69. The fourth-order valence-corrected chi connectivity index (χ4v) is 1.41. The van der Waals surface area contributed by atoms with Crippen LogP contribution in [0.5, 0.6) is 5.75 Å². The van der Waals surface area contributed by atoms with Crippen LogP contribution in [0.15, 0.2) is 34.6 Å². The third-order valence-electron chi connectivity index (χ3n) is 2.62. The van der Waals surface area contributed by atoms with E-state index in [0.717, 1.165) is 44.0 Å². The molecule has 18 heavy (non-hydrogen) atoms. The Bertz CT molecular complexity index is 345. The van der Waals surface area contributed by atoms with Crippen LogP contribution in [-0.4, -0.2) is 24.7 Å². The van der Waals surface area contributed by atoms with E-state index in [9.17, 15) is 0 Å². The van der Waals surface area contributed by atoms with Crippen molar-refractivity contribution in [3.05, 3.63) is 24.3 Å². The standard InChI is InChI=1S/C14H23N3O/c1-4-7-12-18-14-10-8-13(9-11-14)15-16-17(5-2)6-3/h8-11H,4-7,12H2,1-3H3. The zero-order valence-electron chi connectivity index (χ0n) is 11.6. The van der Waals surface area contributed by atoms with E-state index in [2.05, 4.69) is 31.1 Å². The summed E-state index contributed by atoms with van der Waals surface area (Å²) in [6.07, 6.45) is 2.24. The highest BCUT2D eigenvalue weighted by Crippen LogP contribution is 2.18. The Morgan fingerprint density at radius 3 is 2.28 bits per heavy atom. The van der Waals surface area contributed by atoms with Crippen LogP contribution in [0.2, 0.25) is 0 Å². The Labute approximate surface area is 110 Å². The Morgan fingerprint density at radius 1 is 1.06 bits per heavy atom. The number of rotatable bonds is 8. The van der Waals surface area contributed by atoms with E-state index >= 15 is 0 Å². The molecule has 0 radical (unpaired) electrons. The maximum absolute atomic E-state index is 5.59. The molecule has 0 heterocycles. The van der Waals surface area contributed by atoms with Gasteiger partial charge in [-0.15, -0.1) is 5.11 Å². The van der Waals surface area contributed by atoms with Crippen molar-refractivity contribution in [1.82, 2.24) is 5.01 Å². The highest BCUT2D eigenvalue weighted by atomic mass is 16.5. The van der Waals surface area contributed by atoms with Gasteiger partial charge in [0.2, 0.25) is 0 Å². The summed E-state index contributed by atoms with van der Waals surface area (Å²) < 4.78 is 5.59. The third-order valence-corrected chi connectivity index (χ3v) is 2.62. The lowest BCUT2D eigenvalue weighted by atomic mass is 10.3. The van der Waals surface area contributed by atoms with Crippen LogP contribution in [-0.2, 0) is 0 Å². The molecule has 0 aliphatic carbocycles. The normalized spacial score (nSPS) is 10.8. The molecule has 0 N–H and O–H groups in total. The van der Waals surface area contributed by atoms with Crippen LogP contribution in [0.25, 0.3) is 0 Å². The SMILES string of the molecule is CCCCOc1ccc(N=NN(CC)CC)cc1. The van der Waals surface area contributed by atoms with E-state index in [1.807, 2.05) is 29.3 Å². The summed E-state index contributed by atoms with van der Waals surface area (Å²) in [6.45, 7) is 8.80. The molecule has 100 valence electrons. The monoisotopic (exact) mass is 249 g/mol. The van der Waals surface area contributed by atoms with Crippen molar-refractivity contribution in [3.8, 4) is 5.75 Å². The average Bonchev–Trinajstić information content (AvgIpc) is 2.42. The molecule has 0 saturated heterocycles. The molecule has 4 nitrogen and oxygen atoms in total. The molecule has 0 aliphatic heterocycles. The Balaban J connectivity index is 2.49. The second kappa shape index (κ2) is 8.50. The number of hydrogen-bond acceptors (Lipinski definition) is 3. The second-order valence-electron chi connectivity index (χ2n) is 4.02. The summed E-state index contributed by atoms with van der Waals surface area (Å²) in [5, 5.41) is 10.2. The number of hydrogen-bond donors (Lipinski definition) is 0. The van der Waals surface area contributed by atoms with Gasteiger partial charge < -0.3 is 4.74 Å². The number of ether oxygens (including phenoxy) is 1. The van der Waals surface area contributed by atoms with Crippen molar-refractivity contribution in [3.63, 3.8) is 0 Å². The van der Waals surface area contributed by atoms with Crippen molar-refractivity contribution < 1.29 is 4.74 Å². The predicted octanol–water partition coefficient (Wildman–Crippen LogP) is 4.21. The number of unbranched alkanes of at least 4 members (excludes halogenated alkanes) is 1. The summed E-state index contributed by atoms with van der Waals surface area (Å²) in [4.78, 5) is 0. The largest absolute Gasteiger partial charge is 0.494 e. The first-order valence-electron chi connectivity index (χ1n) is 6.69. The summed E-state index contributed by atoms with van der Waals surface area (Å²) in [7, 11) is 0. The molecular formula is C14H23N3O. The van der Waals surface area contributed by atoms with E-state index in [4.69, 9.17) is 4.74 Å². The van der Waals surface area contributed by atoms with Crippen molar-refractivity contribution in [2.45, 2.75) is 33.6 Å². The first kappa shape index (κ1) is 14.5. The summed E-state index contributed by atoms with van der Waals surface area (Å²) >= 11 is 0. The van der Waals surface area contributed by atoms with Gasteiger partial charge in [-0.1, -0.05) is 18.6 Å². The van der Waals surface area contributed by atoms with Crippen LogP contribution in [0.4, 0.5) is 5.69 Å². The van der Waals surface area contributed by atoms with E-state index in [-0.39, 0.29) is 0 Å². The van der Waals surface area contributed by atoms with Crippen LogP contribution in [0.1, 0.15) is 33.6 Å². The molecule has 0 spiro atoms. The smallest absolute Gasteiger partial charge is 0.119 e. The average molecular weight is 249 g/mol. The summed E-state index contributed by atoms with van der Waals surface area (Å²) in [5.41, 5.74) is 0.852. The van der Waals surface area contributed by atoms with E-state index in [1.54, 1.807) is 0 Å². The van der Waals surface area contributed by atoms with Crippen molar-refractivity contribution in [2.75, 3.05) is 19.7 Å². The quantitative estimate of drug-likeness (QED) is 0.393. The van der Waals surface area contributed by atoms with Gasteiger partial charge in [0, 0.05) is 13.1 Å². The molecular weight excluding hydrogens is 226 g/mol. The van der Waals surface area contributed by atoms with Gasteiger partial charge in [-0.3, -0.25) is 5.01 Å².